The summed E-state index contributed by atoms with van der Waals surface area (Å²) < 4.78 is 28.6. The van der Waals surface area contributed by atoms with Crippen LogP contribution in [0.1, 0.15) is 12.0 Å². The van der Waals surface area contributed by atoms with E-state index in [2.05, 4.69) is 4.72 Å². The van der Waals surface area contributed by atoms with Gasteiger partial charge in [0.1, 0.15) is 0 Å². The second-order valence-corrected chi connectivity index (χ2v) is 4.71. The number of hydrogen-bond donors (Lipinski definition) is 2. The Hall–Kier alpha value is 0.686. The third-order valence-corrected chi connectivity index (χ3v) is 2.49. The molecule has 0 amide bonds. The molecule has 0 saturated carbocycles. The molecule has 0 atom stereocenters. The molecule has 3 N–H and O–H groups in total. The standard InChI is InChI=1S/C10H16N2O3S.K/c11-16(13,14)12-7-4-8-15-9-10-5-2-1-3-6-10;/h1-3,5-6,12H,4,7-9H2,(H2,11,13,14);. The Kier molecular flexibility index (Phi) is 9.98. The van der Waals surface area contributed by atoms with Gasteiger partial charge in [0, 0.05) is 64.5 Å². The van der Waals surface area contributed by atoms with Crippen LogP contribution in [0, 0.1) is 0 Å². The molecule has 17 heavy (non-hydrogen) atoms. The molecule has 0 fully saturated rings. The van der Waals surface area contributed by atoms with Crippen molar-refractivity contribution in [1.29, 1.82) is 0 Å². The average molecular weight is 283 g/mol. The van der Waals surface area contributed by atoms with Gasteiger partial charge in [0.15, 0.2) is 0 Å². The Morgan fingerprint density at radius 3 is 2.47 bits per heavy atom. The van der Waals surface area contributed by atoms with Gasteiger partial charge in [0.05, 0.1) is 6.61 Å². The summed E-state index contributed by atoms with van der Waals surface area (Å²) in [6.07, 6.45) is 0.600. The predicted octanol–water partition coefficient (Wildman–Crippen LogP) is 0.00560. The largest absolute Gasteiger partial charge is 0.377 e. The van der Waals surface area contributed by atoms with E-state index in [0.717, 1.165) is 5.56 Å². The van der Waals surface area contributed by atoms with Crippen molar-refractivity contribution >= 4 is 61.6 Å². The fourth-order valence-electron chi connectivity index (χ4n) is 1.15. The van der Waals surface area contributed by atoms with E-state index in [1.54, 1.807) is 0 Å². The van der Waals surface area contributed by atoms with Gasteiger partial charge in [-0.25, -0.2) is 9.86 Å². The summed E-state index contributed by atoms with van der Waals surface area (Å²) in [6.45, 7) is 1.33. The van der Waals surface area contributed by atoms with Crippen molar-refractivity contribution in [2.75, 3.05) is 13.2 Å². The minimum atomic E-state index is -3.57. The first kappa shape index (κ1) is 17.7. The summed E-state index contributed by atoms with van der Waals surface area (Å²) in [5.41, 5.74) is 1.10. The van der Waals surface area contributed by atoms with E-state index in [-0.39, 0.29) is 51.4 Å². The van der Waals surface area contributed by atoms with Crippen molar-refractivity contribution in [3.8, 4) is 0 Å². The Morgan fingerprint density at radius 1 is 1.24 bits per heavy atom. The second kappa shape index (κ2) is 9.59. The van der Waals surface area contributed by atoms with E-state index in [0.29, 0.717) is 26.2 Å². The van der Waals surface area contributed by atoms with Crippen LogP contribution in [0.5, 0.6) is 0 Å². The monoisotopic (exact) mass is 283 g/mol. The maximum Gasteiger partial charge on any atom is 0.274 e. The molecule has 0 saturated heterocycles. The first-order valence-electron chi connectivity index (χ1n) is 4.97. The van der Waals surface area contributed by atoms with Crippen LogP contribution in [0.15, 0.2) is 30.3 Å². The van der Waals surface area contributed by atoms with Crippen molar-refractivity contribution < 1.29 is 13.2 Å². The van der Waals surface area contributed by atoms with Crippen molar-refractivity contribution in [3.05, 3.63) is 35.9 Å². The number of nitrogens with two attached hydrogens (primary N) is 1. The molecule has 0 aliphatic rings. The summed E-state index contributed by atoms with van der Waals surface area (Å²) in [5.74, 6) is 0. The topological polar surface area (TPSA) is 81.4 Å². The third kappa shape index (κ3) is 10.3. The molecule has 0 spiro atoms. The van der Waals surface area contributed by atoms with Gasteiger partial charge < -0.3 is 4.74 Å². The first-order valence-corrected chi connectivity index (χ1v) is 6.51. The van der Waals surface area contributed by atoms with E-state index in [9.17, 15) is 8.42 Å². The van der Waals surface area contributed by atoms with E-state index in [4.69, 9.17) is 9.88 Å². The van der Waals surface area contributed by atoms with E-state index in [1.807, 2.05) is 30.3 Å². The Balaban J connectivity index is 0.00000256. The molecule has 1 aromatic carbocycles. The van der Waals surface area contributed by atoms with Gasteiger partial charge in [0.25, 0.3) is 10.2 Å². The SMILES string of the molecule is NS(=O)(=O)NCCCOCc1ccccc1.[K]. The maximum atomic E-state index is 10.5. The van der Waals surface area contributed by atoms with Crippen LogP contribution in [0.4, 0.5) is 0 Å². The predicted molar refractivity (Wildman–Crippen MR) is 67.6 cm³/mol. The van der Waals surface area contributed by atoms with Crippen molar-refractivity contribution in [2.24, 2.45) is 5.14 Å². The van der Waals surface area contributed by atoms with Crippen LogP contribution >= 0.6 is 0 Å². The summed E-state index contributed by atoms with van der Waals surface area (Å²) in [4.78, 5) is 0. The molecule has 5 nitrogen and oxygen atoms in total. The van der Waals surface area contributed by atoms with E-state index < -0.39 is 10.2 Å². The van der Waals surface area contributed by atoms with Crippen LogP contribution in [0.3, 0.4) is 0 Å². The van der Waals surface area contributed by atoms with Crippen LogP contribution < -0.4 is 9.86 Å². The molecule has 1 radical (unpaired) electrons. The Labute approximate surface area is 145 Å². The molecular formula is C10H16KN2O3S. The Bertz CT molecular complexity index is 397. The molecule has 0 aliphatic carbocycles. The van der Waals surface area contributed by atoms with Crippen molar-refractivity contribution in [3.63, 3.8) is 0 Å². The number of nitrogens with one attached hydrogen (secondary N) is 1. The van der Waals surface area contributed by atoms with Crippen LogP contribution in [0.25, 0.3) is 0 Å². The smallest absolute Gasteiger partial charge is 0.274 e. The van der Waals surface area contributed by atoms with Crippen LogP contribution in [-0.2, 0) is 21.6 Å². The maximum absolute atomic E-state index is 10.5. The molecule has 7 heteroatoms. The summed E-state index contributed by atoms with van der Waals surface area (Å²) >= 11 is 0. The summed E-state index contributed by atoms with van der Waals surface area (Å²) in [7, 11) is -3.57. The van der Waals surface area contributed by atoms with Gasteiger partial charge in [-0.2, -0.15) is 8.42 Å². The fraction of sp³-hybridized carbons (Fsp3) is 0.400. The number of hydrogen-bond acceptors (Lipinski definition) is 3. The van der Waals surface area contributed by atoms with Gasteiger partial charge in [-0.3, -0.25) is 0 Å². The fourth-order valence-corrected chi connectivity index (χ4v) is 1.58. The van der Waals surface area contributed by atoms with Crippen LogP contribution in [0.2, 0.25) is 0 Å². The van der Waals surface area contributed by atoms with E-state index >= 15 is 0 Å². The molecule has 1 rings (SSSR count). The summed E-state index contributed by atoms with van der Waals surface area (Å²) in [6, 6.07) is 9.78. The average Bonchev–Trinajstić information content (AvgIpc) is 2.23. The zero-order valence-electron chi connectivity index (χ0n) is 9.93. The molecule has 0 aliphatic heterocycles. The minimum absolute atomic E-state index is 0. The molecule has 0 bridgehead atoms. The summed E-state index contributed by atoms with van der Waals surface area (Å²) in [5, 5.41) is 4.76. The Morgan fingerprint density at radius 2 is 1.88 bits per heavy atom. The zero-order valence-corrected chi connectivity index (χ0v) is 13.9. The van der Waals surface area contributed by atoms with Crippen molar-refractivity contribution in [2.45, 2.75) is 13.0 Å². The number of benzene rings is 1. The molecular weight excluding hydrogens is 267 g/mol. The molecule has 1 aromatic rings. The van der Waals surface area contributed by atoms with Gasteiger partial charge >= 0.3 is 0 Å². The van der Waals surface area contributed by atoms with Gasteiger partial charge in [-0.1, -0.05) is 30.3 Å². The van der Waals surface area contributed by atoms with E-state index in [1.165, 1.54) is 0 Å². The van der Waals surface area contributed by atoms with Crippen LogP contribution in [-0.4, -0.2) is 73.0 Å². The number of rotatable bonds is 7. The molecule has 91 valence electrons. The normalized spacial score (nSPS) is 10.9. The molecule has 0 aromatic heterocycles. The quantitative estimate of drug-likeness (QED) is 0.546. The van der Waals surface area contributed by atoms with Crippen molar-refractivity contribution in [1.82, 2.24) is 4.72 Å². The molecule has 0 heterocycles. The second-order valence-electron chi connectivity index (χ2n) is 3.33. The third-order valence-electron chi connectivity index (χ3n) is 1.88. The molecule has 0 unspecified atom stereocenters. The van der Waals surface area contributed by atoms with Gasteiger partial charge in [-0.15, -0.1) is 0 Å². The van der Waals surface area contributed by atoms with Gasteiger partial charge in [-0.05, 0) is 12.0 Å². The zero-order chi connectivity index (χ0) is 11.9. The minimum Gasteiger partial charge on any atom is -0.377 e. The number of ether oxygens (including phenoxy) is 1. The first-order chi connectivity index (χ1) is 7.58. The van der Waals surface area contributed by atoms with Gasteiger partial charge in [0.2, 0.25) is 0 Å².